The van der Waals surface area contributed by atoms with Gasteiger partial charge in [-0.15, -0.1) is 0 Å². The topological polar surface area (TPSA) is 67.6 Å². The summed E-state index contributed by atoms with van der Waals surface area (Å²) in [6.45, 7) is 9.61. The van der Waals surface area contributed by atoms with E-state index < -0.39 is 0 Å². The molecule has 0 aromatic rings. The van der Waals surface area contributed by atoms with Crippen LogP contribution in [0.5, 0.6) is 0 Å². The fourth-order valence-corrected chi connectivity index (χ4v) is 2.24. The standard InChI is InChI=1S/C11H23N3O2/c1-7(2)10(11(15)13-12)14-5-9(4)16-6-8(14)3/h7-10H,5-6,12H2,1-4H3,(H,13,15). The second-order valence-corrected chi connectivity index (χ2v) is 4.89. The third kappa shape index (κ3) is 2.93. The zero-order valence-electron chi connectivity index (χ0n) is 10.6. The molecular weight excluding hydrogens is 206 g/mol. The Morgan fingerprint density at radius 2 is 2.12 bits per heavy atom. The number of nitrogens with two attached hydrogens (primary N) is 1. The number of nitrogens with zero attached hydrogens (tertiary/aromatic N) is 1. The molecule has 0 aromatic carbocycles. The number of amides is 1. The first kappa shape index (κ1) is 13.4. The molecular formula is C11H23N3O2. The first-order valence-corrected chi connectivity index (χ1v) is 5.85. The van der Waals surface area contributed by atoms with Crippen LogP contribution >= 0.6 is 0 Å². The van der Waals surface area contributed by atoms with Crippen molar-refractivity contribution >= 4 is 5.91 Å². The van der Waals surface area contributed by atoms with E-state index >= 15 is 0 Å². The number of nitrogens with one attached hydrogen (secondary N) is 1. The number of rotatable bonds is 3. The van der Waals surface area contributed by atoms with Crippen LogP contribution in [0, 0.1) is 5.92 Å². The fraction of sp³-hybridized carbons (Fsp3) is 0.909. The monoisotopic (exact) mass is 229 g/mol. The lowest BCUT2D eigenvalue weighted by atomic mass is 9.99. The van der Waals surface area contributed by atoms with Crippen molar-refractivity contribution in [3.05, 3.63) is 0 Å². The number of carbonyl (C=O) groups is 1. The minimum Gasteiger partial charge on any atom is -0.376 e. The highest BCUT2D eigenvalue weighted by atomic mass is 16.5. The van der Waals surface area contributed by atoms with Gasteiger partial charge in [0.2, 0.25) is 0 Å². The van der Waals surface area contributed by atoms with Crippen molar-refractivity contribution in [2.45, 2.75) is 45.9 Å². The van der Waals surface area contributed by atoms with Crippen LogP contribution in [0.2, 0.25) is 0 Å². The van der Waals surface area contributed by atoms with Crippen LogP contribution < -0.4 is 11.3 Å². The Labute approximate surface area is 97.3 Å². The third-order valence-electron chi connectivity index (χ3n) is 3.06. The van der Waals surface area contributed by atoms with Crippen molar-refractivity contribution in [2.24, 2.45) is 11.8 Å². The van der Waals surface area contributed by atoms with Crippen LogP contribution in [0.3, 0.4) is 0 Å². The van der Waals surface area contributed by atoms with E-state index in [0.717, 1.165) is 6.54 Å². The Hall–Kier alpha value is -0.650. The molecule has 3 atom stereocenters. The van der Waals surface area contributed by atoms with Gasteiger partial charge in [-0.1, -0.05) is 13.8 Å². The molecule has 3 N–H and O–H groups in total. The van der Waals surface area contributed by atoms with Crippen molar-refractivity contribution in [1.29, 1.82) is 0 Å². The molecule has 0 spiro atoms. The van der Waals surface area contributed by atoms with Crippen LogP contribution in [0.15, 0.2) is 0 Å². The molecule has 5 nitrogen and oxygen atoms in total. The van der Waals surface area contributed by atoms with Gasteiger partial charge >= 0.3 is 0 Å². The molecule has 0 saturated carbocycles. The molecule has 1 rings (SSSR count). The van der Waals surface area contributed by atoms with Crippen molar-refractivity contribution in [3.8, 4) is 0 Å². The summed E-state index contributed by atoms with van der Waals surface area (Å²) in [4.78, 5) is 14.0. The van der Waals surface area contributed by atoms with Gasteiger partial charge < -0.3 is 4.74 Å². The molecule has 0 aliphatic carbocycles. The van der Waals surface area contributed by atoms with Crippen molar-refractivity contribution < 1.29 is 9.53 Å². The molecule has 1 fully saturated rings. The van der Waals surface area contributed by atoms with Gasteiger partial charge in [0.05, 0.1) is 18.8 Å². The van der Waals surface area contributed by atoms with Gasteiger partial charge in [-0.25, -0.2) is 5.84 Å². The molecule has 0 bridgehead atoms. The van der Waals surface area contributed by atoms with Gasteiger partial charge in [-0.05, 0) is 19.8 Å². The molecule has 1 aliphatic rings. The second kappa shape index (κ2) is 5.61. The molecule has 16 heavy (non-hydrogen) atoms. The molecule has 94 valence electrons. The zero-order valence-corrected chi connectivity index (χ0v) is 10.6. The van der Waals surface area contributed by atoms with E-state index in [-0.39, 0.29) is 30.0 Å². The Kier molecular flexibility index (Phi) is 4.70. The normalized spacial score (nSPS) is 29.1. The SMILES string of the molecule is CC1CN(C(C(=O)NN)C(C)C)C(C)CO1. The van der Waals surface area contributed by atoms with E-state index in [9.17, 15) is 4.79 Å². The fourth-order valence-electron chi connectivity index (χ4n) is 2.24. The van der Waals surface area contributed by atoms with E-state index in [4.69, 9.17) is 10.6 Å². The average Bonchev–Trinajstić information content (AvgIpc) is 2.22. The lowest BCUT2D eigenvalue weighted by Crippen LogP contribution is -2.59. The highest BCUT2D eigenvalue weighted by molar-refractivity contribution is 5.81. The molecule has 3 unspecified atom stereocenters. The van der Waals surface area contributed by atoms with Gasteiger partial charge in [0.1, 0.15) is 0 Å². The predicted octanol–water partition coefficient (Wildman–Crippen LogP) is 0.110. The summed E-state index contributed by atoms with van der Waals surface area (Å²) in [5.74, 6) is 5.36. The number of morpholine rings is 1. The number of hydrazine groups is 1. The summed E-state index contributed by atoms with van der Waals surface area (Å²) >= 11 is 0. The summed E-state index contributed by atoms with van der Waals surface area (Å²) in [6, 6.07) is 0.0762. The Morgan fingerprint density at radius 3 is 2.62 bits per heavy atom. The lowest BCUT2D eigenvalue weighted by molar-refractivity contribution is -0.135. The molecule has 5 heteroatoms. The quantitative estimate of drug-likeness (QED) is 0.409. The largest absolute Gasteiger partial charge is 0.376 e. The number of ether oxygens (including phenoxy) is 1. The molecule has 0 aromatic heterocycles. The molecule has 1 heterocycles. The summed E-state index contributed by atoms with van der Waals surface area (Å²) in [6.07, 6.45) is 0.169. The van der Waals surface area contributed by atoms with Gasteiger partial charge in [0.15, 0.2) is 0 Å². The number of carbonyl (C=O) groups excluding carboxylic acids is 1. The second-order valence-electron chi connectivity index (χ2n) is 4.89. The van der Waals surface area contributed by atoms with E-state index in [1.165, 1.54) is 0 Å². The summed E-state index contributed by atoms with van der Waals surface area (Å²) in [7, 11) is 0. The minimum absolute atomic E-state index is 0.115. The predicted molar refractivity (Wildman–Crippen MR) is 62.5 cm³/mol. The highest BCUT2D eigenvalue weighted by Gasteiger charge is 2.35. The maximum absolute atomic E-state index is 11.8. The summed E-state index contributed by atoms with van der Waals surface area (Å²) in [5, 5.41) is 0. The summed E-state index contributed by atoms with van der Waals surface area (Å²) in [5.41, 5.74) is 2.26. The maximum Gasteiger partial charge on any atom is 0.251 e. The first-order valence-electron chi connectivity index (χ1n) is 5.85. The number of hydrogen-bond acceptors (Lipinski definition) is 4. The lowest BCUT2D eigenvalue weighted by Gasteiger charge is -2.42. The van der Waals surface area contributed by atoms with Gasteiger partial charge in [0.25, 0.3) is 5.91 Å². The van der Waals surface area contributed by atoms with Gasteiger partial charge in [0, 0.05) is 12.6 Å². The Balaban J connectivity index is 2.79. The number of hydrogen-bond donors (Lipinski definition) is 2. The third-order valence-corrected chi connectivity index (χ3v) is 3.06. The highest BCUT2D eigenvalue weighted by Crippen LogP contribution is 2.19. The minimum atomic E-state index is -0.175. The maximum atomic E-state index is 11.8. The Morgan fingerprint density at radius 1 is 1.50 bits per heavy atom. The molecule has 0 radical (unpaired) electrons. The van der Waals surface area contributed by atoms with E-state index in [1.54, 1.807) is 0 Å². The summed E-state index contributed by atoms with van der Waals surface area (Å²) < 4.78 is 5.56. The van der Waals surface area contributed by atoms with Crippen molar-refractivity contribution in [1.82, 2.24) is 10.3 Å². The molecule has 1 amide bonds. The van der Waals surface area contributed by atoms with Crippen LogP contribution in [0.1, 0.15) is 27.7 Å². The van der Waals surface area contributed by atoms with Crippen molar-refractivity contribution in [2.75, 3.05) is 13.2 Å². The van der Waals surface area contributed by atoms with Gasteiger partial charge in [-0.2, -0.15) is 0 Å². The molecule has 1 saturated heterocycles. The smallest absolute Gasteiger partial charge is 0.251 e. The van der Waals surface area contributed by atoms with Crippen LogP contribution in [-0.2, 0) is 9.53 Å². The Bertz CT molecular complexity index is 245. The first-order chi connectivity index (χ1) is 7.47. The van der Waals surface area contributed by atoms with E-state index in [2.05, 4.69) is 17.2 Å². The molecule has 1 aliphatic heterocycles. The van der Waals surface area contributed by atoms with Crippen molar-refractivity contribution in [3.63, 3.8) is 0 Å². The van der Waals surface area contributed by atoms with Crippen LogP contribution in [0.25, 0.3) is 0 Å². The van der Waals surface area contributed by atoms with E-state index in [0.29, 0.717) is 6.61 Å². The average molecular weight is 229 g/mol. The van der Waals surface area contributed by atoms with Crippen LogP contribution in [0.4, 0.5) is 0 Å². The van der Waals surface area contributed by atoms with E-state index in [1.807, 2.05) is 20.8 Å². The van der Waals surface area contributed by atoms with Gasteiger partial charge in [-0.3, -0.25) is 15.1 Å². The van der Waals surface area contributed by atoms with Crippen LogP contribution in [-0.4, -0.2) is 42.1 Å². The zero-order chi connectivity index (χ0) is 12.3.